The van der Waals surface area contributed by atoms with Gasteiger partial charge in [-0.1, -0.05) is 29.8 Å². The average Bonchev–Trinajstić information content (AvgIpc) is 2.55. The van der Waals surface area contributed by atoms with E-state index in [9.17, 15) is 0 Å². The van der Waals surface area contributed by atoms with Gasteiger partial charge in [-0.2, -0.15) is 0 Å². The van der Waals surface area contributed by atoms with E-state index >= 15 is 0 Å². The van der Waals surface area contributed by atoms with Crippen molar-refractivity contribution >= 4 is 17.3 Å². The Labute approximate surface area is 143 Å². The molecule has 1 saturated heterocycles. The standard InChI is InChI=1S/C19H23ClN2O/c1-2-23-19-8-6-14(7-9-19)15-10-17(21)13-22(12-15)18-5-3-4-16(20)11-18/h3-9,11,15,17H,2,10,12-13,21H2,1H3. The van der Waals surface area contributed by atoms with E-state index in [0.717, 1.165) is 36.0 Å². The summed E-state index contributed by atoms with van der Waals surface area (Å²) >= 11 is 6.13. The summed E-state index contributed by atoms with van der Waals surface area (Å²) in [5.41, 5.74) is 8.76. The van der Waals surface area contributed by atoms with Crippen LogP contribution in [0.25, 0.3) is 0 Å². The summed E-state index contributed by atoms with van der Waals surface area (Å²) in [6.45, 7) is 4.52. The van der Waals surface area contributed by atoms with Crippen LogP contribution in [0.3, 0.4) is 0 Å². The van der Waals surface area contributed by atoms with Crippen molar-refractivity contribution in [2.75, 3.05) is 24.6 Å². The predicted octanol–water partition coefficient (Wildman–Crippen LogP) is 4.06. The first-order valence-corrected chi connectivity index (χ1v) is 8.52. The number of ether oxygens (including phenoxy) is 1. The third-order valence-corrected chi connectivity index (χ3v) is 4.55. The van der Waals surface area contributed by atoms with Crippen LogP contribution in [-0.4, -0.2) is 25.7 Å². The number of anilines is 1. The molecule has 0 aliphatic carbocycles. The van der Waals surface area contributed by atoms with E-state index in [1.165, 1.54) is 5.56 Å². The molecule has 2 aromatic carbocycles. The van der Waals surface area contributed by atoms with Gasteiger partial charge in [0.15, 0.2) is 0 Å². The van der Waals surface area contributed by atoms with Crippen molar-refractivity contribution in [1.82, 2.24) is 0 Å². The minimum Gasteiger partial charge on any atom is -0.494 e. The van der Waals surface area contributed by atoms with Crippen LogP contribution in [-0.2, 0) is 0 Å². The van der Waals surface area contributed by atoms with Crippen LogP contribution in [0, 0.1) is 0 Å². The highest BCUT2D eigenvalue weighted by atomic mass is 35.5. The van der Waals surface area contributed by atoms with E-state index in [-0.39, 0.29) is 6.04 Å². The monoisotopic (exact) mass is 330 g/mol. The number of rotatable bonds is 4. The van der Waals surface area contributed by atoms with E-state index in [4.69, 9.17) is 22.1 Å². The highest BCUT2D eigenvalue weighted by molar-refractivity contribution is 6.30. The SMILES string of the molecule is CCOc1ccc(C2CC(N)CN(c3cccc(Cl)c3)C2)cc1. The fraction of sp³-hybridized carbons (Fsp3) is 0.368. The molecule has 2 aromatic rings. The summed E-state index contributed by atoms with van der Waals surface area (Å²) in [7, 11) is 0. The van der Waals surface area contributed by atoms with E-state index in [2.05, 4.69) is 23.1 Å². The molecule has 0 spiro atoms. The molecule has 0 radical (unpaired) electrons. The molecule has 1 aliphatic rings. The lowest BCUT2D eigenvalue weighted by molar-refractivity contribution is 0.340. The van der Waals surface area contributed by atoms with Crippen LogP contribution in [0.4, 0.5) is 5.69 Å². The number of halogens is 1. The van der Waals surface area contributed by atoms with Crippen LogP contribution in [0.5, 0.6) is 5.75 Å². The molecule has 4 heteroatoms. The maximum absolute atomic E-state index is 6.31. The molecule has 0 amide bonds. The molecule has 2 N–H and O–H groups in total. The Kier molecular flexibility index (Phi) is 5.09. The van der Waals surface area contributed by atoms with Crippen molar-refractivity contribution in [3.05, 3.63) is 59.1 Å². The number of hydrogen-bond donors (Lipinski definition) is 1. The Morgan fingerprint density at radius 3 is 2.65 bits per heavy atom. The lowest BCUT2D eigenvalue weighted by Crippen LogP contribution is -2.46. The fourth-order valence-electron chi connectivity index (χ4n) is 3.27. The van der Waals surface area contributed by atoms with Crippen LogP contribution < -0.4 is 15.4 Å². The Bertz CT molecular complexity index is 644. The fourth-order valence-corrected chi connectivity index (χ4v) is 3.45. The van der Waals surface area contributed by atoms with Gasteiger partial charge in [-0.15, -0.1) is 0 Å². The zero-order chi connectivity index (χ0) is 16.2. The van der Waals surface area contributed by atoms with Crippen molar-refractivity contribution in [3.8, 4) is 5.75 Å². The minimum absolute atomic E-state index is 0.166. The zero-order valence-corrected chi connectivity index (χ0v) is 14.2. The van der Waals surface area contributed by atoms with Crippen molar-refractivity contribution < 1.29 is 4.74 Å². The number of benzene rings is 2. The lowest BCUT2D eigenvalue weighted by atomic mass is 9.88. The van der Waals surface area contributed by atoms with Crippen LogP contribution in [0.15, 0.2) is 48.5 Å². The quantitative estimate of drug-likeness (QED) is 0.918. The van der Waals surface area contributed by atoms with Gasteiger partial charge in [0.1, 0.15) is 5.75 Å². The van der Waals surface area contributed by atoms with Gasteiger partial charge in [0, 0.05) is 35.8 Å². The molecule has 1 fully saturated rings. The Morgan fingerprint density at radius 1 is 1.17 bits per heavy atom. The maximum atomic E-state index is 6.31. The number of hydrogen-bond acceptors (Lipinski definition) is 3. The molecule has 0 aromatic heterocycles. The molecule has 0 saturated carbocycles. The summed E-state index contributed by atoms with van der Waals surface area (Å²) in [5, 5.41) is 0.763. The summed E-state index contributed by atoms with van der Waals surface area (Å²) in [6.07, 6.45) is 1.01. The topological polar surface area (TPSA) is 38.5 Å². The molecule has 0 bridgehead atoms. The van der Waals surface area contributed by atoms with Crippen LogP contribution in [0.2, 0.25) is 5.02 Å². The third kappa shape index (κ3) is 3.98. The molecule has 2 atom stereocenters. The van der Waals surface area contributed by atoms with Gasteiger partial charge in [-0.25, -0.2) is 0 Å². The first-order chi connectivity index (χ1) is 11.2. The second kappa shape index (κ2) is 7.24. The van der Waals surface area contributed by atoms with Gasteiger partial charge in [0.25, 0.3) is 0 Å². The first kappa shape index (κ1) is 16.2. The summed E-state index contributed by atoms with van der Waals surface area (Å²) in [5.74, 6) is 1.34. The number of nitrogens with zero attached hydrogens (tertiary/aromatic N) is 1. The summed E-state index contributed by atoms with van der Waals surface area (Å²) < 4.78 is 5.52. The Balaban J connectivity index is 1.77. The summed E-state index contributed by atoms with van der Waals surface area (Å²) in [4.78, 5) is 2.33. The molecule has 3 rings (SSSR count). The van der Waals surface area contributed by atoms with Gasteiger partial charge in [-0.3, -0.25) is 0 Å². The predicted molar refractivity (Wildman–Crippen MR) is 96.6 cm³/mol. The van der Waals surface area contributed by atoms with Crippen LogP contribution >= 0.6 is 11.6 Å². The van der Waals surface area contributed by atoms with E-state index in [0.29, 0.717) is 12.5 Å². The van der Waals surface area contributed by atoms with Crippen LogP contribution in [0.1, 0.15) is 24.8 Å². The van der Waals surface area contributed by atoms with Crippen molar-refractivity contribution in [3.63, 3.8) is 0 Å². The second-order valence-corrected chi connectivity index (χ2v) is 6.52. The molecule has 3 nitrogen and oxygen atoms in total. The number of nitrogens with two attached hydrogens (primary N) is 1. The van der Waals surface area contributed by atoms with Gasteiger partial charge in [0.2, 0.25) is 0 Å². The molecule has 23 heavy (non-hydrogen) atoms. The smallest absolute Gasteiger partial charge is 0.119 e. The maximum Gasteiger partial charge on any atom is 0.119 e. The first-order valence-electron chi connectivity index (χ1n) is 8.14. The van der Waals surface area contributed by atoms with Gasteiger partial charge in [0.05, 0.1) is 6.61 Å². The largest absolute Gasteiger partial charge is 0.494 e. The van der Waals surface area contributed by atoms with Gasteiger partial charge in [-0.05, 0) is 49.2 Å². The molecular weight excluding hydrogens is 308 g/mol. The summed E-state index contributed by atoms with van der Waals surface area (Å²) in [6, 6.07) is 16.6. The third-order valence-electron chi connectivity index (χ3n) is 4.32. The Hall–Kier alpha value is -1.71. The highest BCUT2D eigenvalue weighted by Crippen LogP contribution is 2.31. The van der Waals surface area contributed by atoms with E-state index < -0.39 is 0 Å². The van der Waals surface area contributed by atoms with Gasteiger partial charge < -0.3 is 15.4 Å². The zero-order valence-electron chi connectivity index (χ0n) is 13.4. The highest BCUT2D eigenvalue weighted by Gasteiger charge is 2.26. The van der Waals surface area contributed by atoms with Crippen molar-refractivity contribution in [2.24, 2.45) is 5.73 Å². The minimum atomic E-state index is 0.166. The molecule has 122 valence electrons. The average molecular weight is 331 g/mol. The molecule has 2 unspecified atom stereocenters. The molecule has 1 aliphatic heterocycles. The molecular formula is C19H23ClN2O. The van der Waals surface area contributed by atoms with E-state index in [1.807, 2.05) is 37.3 Å². The normalized spacial score (nSPS) is 21.3. The Morgan fingerprint density at radius 2 is 1.96 bits per heavy atom. The van der Waals surface area contributed by atoms with Crippen molar-refractivity contribution in [1.29, 1.82) is 0 Å². The number of piperidine rings is 1. The van der Waals surface area contributed by atoms with E-state index in [1.54, 1.807) is 0 Å². The van der Waals surface area contributed by atoms with Crippen molar-refractivity contribution in [2.45, 2.75) is 25.3 Å². The molecule has 1 heterocycles. The second-order valence-electron chi connectivity index (χ2n) is 6.08. The van der Waals surface area contributed by atoms with Gasteiger partial charge >= 0.3 is 0 Å². The lowest BCUT2D eigenvalue weighted by Gasteiger charge is -2.38.